The number of halogens is 1. The molecule has 0 unspecified atom stereocenters. The lowest BCUT2D eigenvalue weighted by molar-refractivity contribution is -0.129. The van der Waals surface area contributed by atoms with Gasteiger partial charge in [0, 0.05) is 26.2 Å². The molecule has 0 atom stereocenters. The number of thioether (sulfide) groups is 1. The number of carbonyl (C=O) groups excluding carboxylic acids is 1. The van der Waals surface area contributed by atoms with Gasteiger partial charge in [-0.25, -0.2) is 17.8 Å². The molecule has 1 fully saturated rings. The van der Waals surface area contributed by atoms with Crippen molar-refractivity contribution >= 4 is 27.7 Å². The summed E-state index contributed by atoms with van der Waals surface area (Å²) in [6.45, 7) is 1.32. The molecule has 168 valence electrons. The Morgan fingerprint density at radius 1 is 1.03 bits per heavy atom. The number of benzene rings is 2. The third-order valence-electron chi connectivity index (χ3n) is 5.22. The van der Waals surface area contributed by atoms with Crippen molar-refractivity contribution in [3.63, 3.8) is 0 Å². The van der Waals surface area contributed by atoms with Crippen LogP contribution in [0.3, 0.4) is 0 Å². The number of nitrogens with zero attached hydrogens (tertiary/aromatic N) is 3. The third-order valence-corrected chi connectivity index (χ3v) is 7.94. The predicted octanol–water partition coefficient (Wildman–Crippen LogP) is 2.98. The Balaban J connectivity index is 1.26. The van der Waals surface area contributed by atoms with Crippen LogP contribution in [-0.4, -0.2) is 65.4 Å². The van der Waals surface area contributed by atoms with Crippen LogP contribution in [0.15, 0.2) is 66.0 Å². The topological polar surface area (TPSA) is 86.4 Å². The Morgan fingerprint density at radius 3 is 2.41 bits per heavy atom. The lowest BCUT2D eigenvalue weighted by Crippen LogP contribution is -2.51. The molecule has 3 aromatic rings. The van der Waals surface area contributed by atoms with E-state index in [-0.39, 0.29) is 23.2 Å². The van der Waals surface area contributed by atoms with Crippen molar-refractivity contribution in [1.29, 1.82) is 0 Å². The molecule has 0 aliphatic carbocycles. The number of hydrogen-bond donors (Lipinski definition) is 1. The second-order valence-electron chi connectivity index (χ2n) is 7.42. The van der Waals surface area contributed by atoms with Gasteiger partial charge in [0.1, 0.15) is 5.82 Å². The van der Waals surface area contributed by atoms with Crippen molar-refractivity contribution < 1.29 is 17.6 Å². The lowest BCUT2D eigenvalue weighted by atomic mass is 10.2. The quantitative estimate of drug-likeness (QED) is 0.532. The van der Waals surface area contributed by atoms with Crippen LogP contribution in [0.5, 0.6) is 0 Å². The first-order valence-corrected chi connectivity index (χ1v) is 12.7. The number of nitrogens with one attached hydrogen (secondary N) is 1. The molecule has 1 aliphatic rings. The minimum Gasteiger partial charge on any atom is -0.339 e. The highest BCUT2D eigenvalue weighted by Gasteiger charge is 2.29. The van der Waals surface area contributed by atoms with Crippen molar-refractivity contribution in [1.82, 2.24) is 19.2 Å². The molecule has 1 aliphatic heterocycles. The van der Waals surface area contributed by atoms with Crippen LogP contribution < -0.4 is 0 Å². The average molecular weight is 475 g/mol. The number of piperazine rings is 1. The summed E-state index contributed by atoms with van der Waals surface area (Å²) < 4.78 is 39.9. The monoisotopic (exact) mass is 474 g/mol. The smallest absolute Gasteiger partial charge is 0.233 e. The number of imidazole rings is 1. The average Bonchev–Trinajstić information content (AvgIpc) is 3.27. The van der Waals surface area contributed by atoms with Gasteiger partial charge in [0.05, 0.1) is 23.4 Å². The first-order valence-electron chi connectivity index (χ1n) is 10.1. The number of rotatable bonds is 7. The van der Waals surface area contributed by atoms with Gasteiger partial charge in [-0.05, 0) is 35.4 Å². The molecule has 0 bridgehead atoms. The highest BCUT2D eigenvalue weighted by atomic mass is 32.2. The van der Waals surface area contributed by atoms with Gasteiger partial charge >= 0.3 is 0 Å². The maximum Gasteiger partial charge on any atom is 0.233 e. The Kier molecular flexibility index (Phi) is 6.92. The van der Waals surface area contributed by atoms with Gasteiger partial charge in [-0.3, -0.25) is 4.79 Å². The molecule has 7 nitrogen and oxygen atoms in total. The van der Waals surface area contributed by atoms with E-state index in [0.717, 1.165) is 16.8 Å². The van der Waals surface area contributed by atoms with Crippen LogP contribution in [0.2, 0.25) is 0 Å². The number of amides is 1. The van der Waals surface area contributed by atoms with Crippen molar-refractivity contribution in [3.8, 4) is 11.3 Å². The van der Waals surface area contributed by atoms with Gasteiger partial charge in [-0.2, -0.15) is 4.31 Å². The van der Waals surface area contributed by atoms with E-state index in [1.807, 2.05) is 18.2 Å². The summed E-state index contributed by atoms with van der Waals surface area (Å²) in [5.41, 5.74) is 2.31. The molecule has 0 spiro atoms. The summed E-state index contributed by atoms with van der Waals surface area (Å²) in [5.74, 6) is -0.198. The molecule has 0 radical (unpaired) electrons. The molecule has 32 heavy (non-hydrogen) atoms. The molecule has 2 aromatic carbocycles. The van der Waals surface area contributed by atoms with Crippen LogP contribution in [0.25, 0.3) is 11.3 Å². The van der Waals surface area contributed by atoms with E-state index in [1.165, 1.54) is 28.2 Å². The lowest BCUT2D eigenvalue weighted by Gasteiger charge is -2.34. The standard InChI is InChI=1S/C22H23FN4O3S2/c23-19-8-6-18(7-9-19)20-14-24-22(25-20)31-15-21(28)26-10-12-27(13-11-26)32(29,30)16-17-4-2-1-3-5-17/h1-9,14H,10-13,15-16H2,(H,24,25). The molecule has 2 heterocycles. The number of sulfonamides is 1. The molecule has 0 saturated carbocycles. The Hall–Kier alpha value is -2.69. The largest absolute Gasteiger partial charge is 0.339 e. The van der Waals surface area contributed by atoms with Crippen LogP contribution in [0.1, 0.15) is 5.56 Å². The number of H-pyrrole nitrogens is 1. The van der Waals surface area contributed by atoms with Gasteiger partial charge in [-0.15, -0.1) is 0 Å². The second kappa shape index (κ2) is 9.85. The first kappa shape index (κ1) is 22.5. The minimum absolute atomic E-state index is 0.0352. The van der Waals surface area contributed by atoms with Gasteiger partial charge in [0.15, 0.2) is 5.16 Å². The fourth-order valence-corrected chi connectivity index (χ4v) is 5.73. The van der Waals surface area contributed by atoms with E-state index >= 15 is 0 Å². The van der Waals surface area contributed by atoms with Crippen LogP contribution in [0.4, 0.5) is 4.39 Å². The van der Waals surface area contributed by atoms with Crippen LogP contribution in [-0.2, 0) is 20.6 Å². The molecule has 1 amide bonds. The van der Waals surface area contributed by atoms with E-state index in [0.29, 0.717) is 31.3 Å². The Labute approximate surface area is 190 Å². The van der Waals surface area contributed by atoms with Crippen molar-refractivity contribution in [2.24, 2.45) is 0 Å². The maximum absolute atomic E-state index is 13.1. The fourth-order valence-electron chi connectivity index (χ4n) is 3.47. The number of hydrogen-bond acceptors (Lipinski definition) is 5. The summed E-state index contributed by atoms with van der Waals surface area (Å²) in [6.07, 6.45) is 1.65. The molecule has 4 rings (SSSR count). The van der Waals surface area contributed by atoms with Crippen molar-refractivity contribution in [2.45, 2.75) is 10.9 Å². The summed E-state index contributed by atoms with van der Waals surface area (Å²) in [5, 5.41) is 0.599. The van der Waals surface area contributed by atoms with Crippen molar-refractivity contribution in [3.05, 3.63) is 72.2 Å². The molecule has 1 N–H and O–H groups in total. The van der Waals surface area contributed by atoms with Gasteiger partial charge in [0.2, 0.25) is 15.9 Å². The maximum atomic E-state index is 13.1. The van der Waals surface area contributed by atoms with Gasteiger partial charge in [-0.1, -0.05) is 42.1 Å². The minimum atomic E-state index is -3.42. The zero-order valence-corrected chi connectivity index (χ0v) is 18.9. The highest BCUT2D eigenvalue weighted by molar-refractivity contribution is 7.99. The van der Waals surface area contributed by atoms with E-state index in [9.17, 15) is 17.6 Å². The Morgan fingerprint density at radius 2 is 1.72 bits per heavy atom. The first-order chi connectivity index (χ1) is 15.4. The normalized spacial score (nSPS) is 15.1. The van der Waals surface area contributed by atoms with E-state index in [1.54, 1.807) is 35.4 Å². The summed E-state index contributed by atoms with van der Waals surface area (Å²) in [6, 6.07) is 15.2. The number of aromatic nitrogens is 2. The number of carbonyl (C=O) groups is 1. The third kappa shape index (κ3) is 5.56. The van der Waals surface area contributed by atoms with Gasteiger partial charge < -0.3 is 9.88 Å². The summed E-state index contributed by atoms with van der Waals surface area (Å²) in [4.78, 5) is 21.7. The van der Waals surface area contributed by atoms with E-state index in [4.69, 9.17) is 0 Å². The van der Waals surface area contributed by atoms with Gasteiger partial charge in [0.25, 0.3) is 0 Å². The fraction of sp³-hybridized carbons (Fsp3) is 0.273. The predicted molar refractivity (Wildman–Crippen MR) is 122 cm³/mol. The molecule has 1 aromatic heterocycles. The number of aromatic amines is 1. The molecular weight excluding hydrogens is 451 g/mol. The zero-order chi connectivity index (χ0) is 22.6. The Bertz CT molecular complexity index is 1160. The molecule has 10 heteroatoms. The summed E-state index contributed by atoms with van der Waals surface area (Å²) in [7, 11) is -3.42. The SMILES string of the molecule is O=C(CSc1ncc(-c2ccc(F)cc2)[nH]1)N1CCN(S(=O)(=O)Cc2ccccc2)CC1. The molecule has 1 saturated heterocycles. The second-order valence-corrected chi connectivity index (χ2v) is 10.4. The van der Waals surface area contributed by atoms with E-state index < -0.39 is 10.0 Å². The van der Waals surface area contributed by atoms with Crippen LogP contribution in [0, 0.1) is 5.82 Å². The molecular formula is C22H23FN4O3S2. The summed E-state index contributed by atoms with van der Waals surface area (Å²) >= 11 is 1.29. The van der Waals surface area contributed by atoms with Crippen LogP contribution >= 0.6 is 11.8 Å². The highest BCUT2D eigenvalue weighted by Crippen LogP contribution is 2.22. The van der Waals surface area contributed by atoms with Crippen molar-refractivity contribution in [2.75, 3.05) is 31.9 Å². The zero-order valence-electron chi connectivity index (χ0n) is 17.3. The van der Waals surface area contributed by atoms with E-state index in [2.05, 4.69) is 9.97 Å².